The smallest absolute Gasteiger partial charge is 0.303 e. The molecule has 0 aromatic heterocycles. The molecule has 0 spiro atoms. The van der Waals surface area contributed by atoms with Crippen LogP contribution < -0.4 is 0 Å². The molecule has 1 fully saturated rings. The molecule has 4 nitrogen and oxygen atoms in total. The van der Waals surface area contributed by atoms with Crippen molar-refractivity contribution in [2.75, 3.05) is 6.61 Å². The predicted molar refractivity (Wildman–Crippen MR) is 87.6 cm³/mol. The molecule has 0 amide bonds. The summed E-state index contributed by atoms with van der Waals surface area (Å²) in [5, 5.41) is 19.4. The Morgan fingerprint density at radius 2 is 1.83 bits per heavy atom. The Labute approximate surface area is 139 Å². The van der Waals surface area contributed by atoms with Crippen LogP contribution in [0, 0.1) is 51.8 Å². The van der Waals surface area contributed by atoms with Gasteiger partial charge in [-0.25, -0.2) is 0 Å². The average molecular weight is 312 g/mol. The lowest BCUT2D eigenvalue weighted by Crippen LogP contribution is -2.35. The van der Waals surface area contributed by atoms with Crippen molar-refractivity contribution >= 4 is 5.97 Å². The molecular formula is C19H24N2O2. The standard InChI is InChI=1S/C19H24N2O2/c1-15(2)12-17-8-4-5-9-18(17)19(13-20,14-21)10-6-7-11-23-16(3)22/h12,17-18H,4-5,8-11H2,1-3H3. The number of ether oxygens (including phenoxy) is 1. The van der Waals surface area contributed by atoms with E-state index in [1.54, 1.807) is 0 Å². The maximum absolute atomic E-state index is 10.7. The molecule has 0 radical (unpaired) electrons. The number of esters is 1. The largest absolute Gasteiger partial charge is 0.453 e. The van der Waals surface area contributed by atoms with Crippen LogP contribution in [0.2, 0.25) is 0 Å². The Hall–Kier alpha value is -2.25. The lowest BCUT2D eigenvalue weighted by Gasteiger charge is -2.36. The molecule has 122 valence electrons. The van der Waals surface area contributed by atoms with E-state index in [9.17, 15) is 15.3 Å². The van der Waals surface area contributed by atoms with Crippen molar-refractivity contribution in [3.63, 3.8) is 0 Å². The highest BCUT2D eigenvalue weighted by Gasteiger charge is 2.43. The molecule has 0 N–H and O–H groups in total. The highest BCUT2D eigenvalue weighted by atomic mass is 16.5. The number of nitrogens with zero attached hydrogens (tertiary/aromatic N) is 2. The van der Waals surface area contributed by atoms with Crippen LogP contribution in [0.5, 0.6) is 0 Å². The van der Waals surface area contributed by atoms with Gasteiger partial charge < -0.3 is 4.74 Å². The molecule has 0 bridgehead atoms. The lowest BCUT2D eigenvalue weighted by atomic mass is 9.63. The van der Waals surface area contributed by atoms with Crippen LogP contribution in [0.4, 0.5) is 0 Å². The number of nitriles is 2. The van der Waals surface area contributed by atoms with Gasteiger partial charge in [0.1, 0.15) is 0 Å². The minimum Gasteiger partial charge on any atom is -0.453 e. The van der Waals surface area contributed by atoms with Gasteiger partial charge in [-0.05, 0) is 38.5 Å². The first kappa shape index (κ1) is 18.8. The van der Waals surface area contributed by atoms with Crippen molar-refractivity contribution in [3.05, 3.63) is 11.6 Å². The van der Waals surface area contributed by atoms with Crippen molar-refractivity contribution < 1.29 is 9.53 Å². The van der Waals surface area contributed by atoms with Gasteiger partial charge in [0.05, 0.1) is 12.1 Å². The summed E-state index contributed by atoms with van der Waals surface area (Å²) in [6.45, 7) is 5.42. The monoisotopic (exact) mass is 312 g/mol. The topological polar surface area (TPSA) is 73.9 Å². The number of carbonyl (C=O) groups is 1. The van der Waals surface area contributed by atoms with Gasteiger partial charge >= 0.3 is 5.97 Å². The number of hydrogen-bond donors (Lipinski definition) is 0. The summed E-state index contributed by atoms with van der Waals surface area (Å²) in [5.74, 6) is 5.46. The van der Waals surface area contributed by atoms with Gasteiger partial charge in [-0.2, -0.15) is 10.5 Å². The van der Waals surface area contributed by atoms with Crippen molar-refractivity contribution in [1.29, 1.82) is 10.5 Å². The first-order chi connectivity index (χ1) is 10.9. The molecule has 23 heavy (non-hydrogen) atoms. The summed E-state index contributed by atoms with van der Waals surface area (Å²) in [6.07, 6.45) is 6.46. The minimum absolute atomic E-state index is 0.00387. The third-order valence-corrected chi connectivity index (χ3v) is 4.24. The highest BCUT2D eigenvalue weighted by Crippen LogP contribution is 2.44. The van der Waals surface area contributed by atoms with E-state index >= 15 is 0 Å². The van der Waals surface area contributed by atoms with Crippen molar-refractivity contribution in [2.45, 2.75) is 52.9 Å². The van der Waals surface area contributed by atoms with Gasteiger partial charge in [0.2, 0.25) is 0 Å². The fourth-order valence-corrected chi connectivity index (χ4v) is 3.19. The fraction of sp³-hybridized carbons (Fsp3) is 0.632. The molecule has 0 heterocycles. The summed E-state index contributed by atoms with van der Waals surface area (Å²) in [5.41, 5.74) is 0.118. The van der Waals surface area contributed by atoms with Crippen molar-refractivity contribution in [3.8, 4) is 24.0 Å². The summed E-state index contributed by atoms with van der Waals surface area (Å²) in [6, 6.07) is 4.47. The molecule has 4 heteroatoms. The second-order valence-electron chi connectivity index (χ2n) is 6.30. The maximum atomic E-state index is 10.7. The summed E-state index contributed by atoms with van der Waals surface area (Å²) in [7, 11) is 0. The van der Waals surface area contributed by atoms with Gasteiger partial charge in [-0.3, -0.25) is 4.79 Å². The third kappa shape index (κ3) is 5.46. The number of carbonyl (C=O) groups excluding carboxylic acids is 1. The van der Waals surface area contributed by atoms with E-state index in [2.05, 4.69) is 30.1 Å². The maximum Gasteiger partial charge on any atom is 0.303 e. The second kappa shape index (κ2) is 9.02. The zero-order valence-corrected chi connectivity index (χ0v) is 14.2. The van der Waals surface area contributed by atoms with Crippen molar-refractivity contribution in [1.82, 2.24) is 0 Å². The Balaban J connectivity index is 2.93. The SMILES string of the molecule is CC(=O)OCC#CCC(C#N)(C#N)C1CCCCC1C=C(C)C. The van der Waals surface area contributed by atoms with E-state index < -0.39 is 5.41 Å². The minimum atomic E-state index is -1.10. The third-order valence-electron chi connectivity index (χ3n) is 4.24. The molecule has 0 aromatic rings. The molecule has 0 saturated heterocycles. The van der Waals surface area contributed by atoms with Crippen molar-refractivity contribution in [2.24, 2.45) is 17.3 Å². The molecule has 0 aromatic carbocycles. The fourth-order valence-electron chi connectivity index (χ4n) is 3.19. The summed E-state index contributed by atoms with van der Waals surface area (Å²) >= 11 is 0. The number of hydrogen-bond acceptors (Lipinski definition) is 4. The molecule has 1 aliphatic carbocycles. The van der Waals surface area contributed by atoms with Gasteiger partial charge in [0.15, 0.2) is 12.0 Å². The quantitative estimate of drug-likeness (QED) is 0.450. The Bertz CT molecular complexity index is 578. The van der Waals surface area contributed by atoms with Crippen LogP contribution in [0.25, 0.3) is 0 Å². The summed E-state index contributed by atoms with van der Waals surface area (Å²) in [4.78, 5) is 10.7. The van der Waals surface area contributed by atoms with Gasteiger partial charge in [0, 0.05) is 13.3 Å². The van der Waals surface area contributed by atoms with Crippen LogP contribution in [0.1, 0.15) is 52.9 Å². The molecule has 1 saturated carbocycles. The molecule has 1 rings (SSSR count). The Kier molecular flexibility index (Phi) is 7.37. The highest BCUT2D eigenvalue weighted by molar-refractivity contribution is 5.66. The Morgan fingerprint density at radius 1 is 1.17 bits per heavy atom. The van der Waals surface area contributed by atoms with Crippen LogP contribution in [-0.4, -0.2) is 12.6 Å². The Morgan fingerprint density at radius 3 is 2.39 bits per heavy atom. The molecule has 1 aliphatic rings. The first-order valence-corrected chi connectivity index (χ1v) is 8.02. The zero-order chi connectivity index (χ0) is 17.3. The van der Waals surface area contributed by atoms with Gasteiger partial charge in [-0.15, -0.1) is 0 Å². The van der Waals surface area contributed by atoms with E-state index in [-0.39, 0.29) is 30.8 Å². The van der Waals surface area contributed by atoms with E-state index in [0.717, 1.165) is 25.7 Å². The average Bonchev–Trinajstić information content (AvgIpc) is 2.51. The molecular weight excluding hydrogens is 288 g/mol. The lowest BCUT2D eigenvalue weighted by molar-refractivity contribution is -0.139. The number of allylic oxidation sites excluding steroid dienone is 2. The molecule has 2 atom stereocenters. The van der Waals surface area contributed by atoms with Crippen LogP contribution in [0.3, 0.4) is 0 Å². The number of rotatable bonds is 4. The first-order valence-electron chi connectivity index (χ1n) is 8.02. The van der Waals surface area contributed by atoms with Crippen LogP contribution in [0.15, 0.2) is 11.6 Å². The molecule has 2 unspecified atom stereocenters. The van der Waals surface area contributed by atoms with Crippen LogP contribution in [-0.2, 0) is 9.53 Å². The zero-order valence-electron chi connectivity index (χ0n) is 14.2. The van der Waals surface area contributed by atoms with E-state index in [1.807, 2.05) is 13.8 Å². The van der Waals surface area contributed by atoms with E-state index in [0.29, 0.717) is 0 Å². The van der Waals surface area contributed by atoms with E-state index in [4.69, 9.17) is 4.74 Å². The molecule has 0 aliphatic heterocycles. The van der Waals surface area contributed by atoms with Gasteiger partial charge in [0.25, 0.3) is 0 Å². The summed E-state index contributed by atoms with van der Waals surface area (Å²) < 4.78 is 4.76. The van der Waals surface area contributed by atoms with Gasteiger partial charge in [-0.1, -0.05) is 36.3 Å². The predicted octanol–water partition coefficient (Wildman–Crippen LogP) is 3.75. The second-order valence-corrected chi connectivity index (χ2v) is 6.30. The van der Waals surface area contributed by atoms with E-state index in [1.165, 1.54) is 12.5 Å². The normalized spacial score (nSPS) is 20.2. The van der Waals surface area contributed by atoms with Crippen LogP contribution >= 0.6 is 0 Å².